The summed E-state index contributed by atoms with van der Waals surface area (Å²) in [4.78, 5) is 0. The first-order valence-electron chi connectivity index (χ1n) is 28.8. The Kier molecular flexibility index (Phi) is 17.4. The van der Waals surface area contributed by atoms with E-state index in [9.17, 15) is 0 Å². The fourth-order valence-electron chi connectivity index (χ4n) is 9.08. The third-order valence-corrected chi connectivity index (χ3v) is 13.4. The maximum Gasteiger partial charge on any atom is 0.220 e. The highest BCUT2D eigenvalue weighted by atomic mass is 16.6. The second-order valence-corrected chi connectivity index (χ2v) is 19.9. The summed E-state index contributed by atoms with van der Waals surface area (Å²) in [6.45, 7) is 0. The van der Waals surface area contributed by atoms with Crippen LogP contribution in [0, 0.1) is 0 Å². The van der Waals surface area contributed by atoms with Crippen molar-refractivity contribution < 1.29 is 56.8 Å². The van der Waals surface area contributed by atoms with E-state index in [1.165, 1.54) is 0 Å². The molecule has 0 N–H and O–H groups in total. The topological polar surface area (TPSA) is 111 Å². The maximum atomic E-state index is 7.17. The minimum atomic E-state index is 0.0120. The normalized spacial score (nSPS) is 10.7. The lowest BCUT2D eigenvalue weighted by atomic mass is 10.2. The lowest BCUT2D eigenvalue weighted by molar-refractivity contribution is 0.326. The molecule has 0 aliphatic carbocycles. The average Bonchev–Trinajstić information content (AvgIpc) is 0.897. The first-order chi connectivity index (χ1) is 44.5. The quantitative estimate of drug-likeness (QED) is 0.0574. The molecule has 13 rings (SSSR count). The zero-order chi connectivity index (χ0) is 60.5. The largest absolute Gasteiger partial charge is 0.457 e. The van der Waals surface area contributed by atoms with Gasteiger partial charge in [-0.3, -0.25) is 0 Å². The van der Waals surface area contributed by atoms with Gasteiger partial charge < -0.3 is 56.8 Å². The van der Waals surface area contributed by atoms with E-state index in [1.807, 2.05) is 182 Å². The van der Waals surface area contributed by atoms with Crippen LogP contribution in [0.1, 0.15) is 0 Å². The average molecular weight is 1180 g/mol. The Balaban J connectivity index is 1.01. The van der Waals surface area contributed by atoms with Gasteiger partial charge in [0.2, 0.25) is 34.5 Å². The predicted molar refractivity (Wildman–Crippen MR) is 345 cm³/mol. The van der Waals surface area contributed by atoms with Gasteiger partial charge in [-0.1, -0.05) is 109 Å². The fraction of sp³-hybridized carbons (Fsp3) is 0. The Morgan fingerprint density at radius 2 is 0.178 bits per heavy atom. The van der Waals surface area contributed by atoms with Crippen LogP contribution in [0.2, 0.25) is 0 Å². The van der Waals surface area contributed by atoms with Crippen LogP contribution in [-0.2, 0) is 0 Å². The van der Waals surface area contributed by atoms with Gasteiger partial charge in [0.25, 0.3) is 0 Å². The first-order valence-corrected chi connectivity index (χ1v) is 28.8. The minimum absolute atomic E-state index is 0.0120. The Hall–Kier alpha value is -12.5. The van der Waals surface area contributed by atoms with Gasteiger partial charge in [-0.05, 0) is 218 Å². The molecule has 12 heteroatoms. The van der Waals surface area contributed by atoms with Crippen LogP contribution in [0.5, 0.6) is 138 Å². The molecule has 0 heterocycles. The number of ether oxygens (including phenoxy) is 12. The molecule has 13 aromatic carbocycles. The van der Waals surface area contributed by atoms with E-state index in [2.05, 4.69) is 0 Å². The molecule has 0 radical (unpaired) electrons. The smallest absolute Gasteiger partial charge is 0.220 e. The number of hydrogen-bond donors (Lipinski definition) is 0. The molecule has 12 nitrogen and oxygen atoms in total. The van der Waals surface area contributed by atoms with Crippen LogP contribution in [0.15, 0.2) is 328 Å². The van der Waals surface area contributed by atoms with Gasteiger partial charge in [0.05, 0.1) is 0 Å². The first kappa shape index (κ1) is 56.6. The minimum Gasteiger partial charge on any atom is -0.457 e. The summed E-state index contributed by atoms with van der Waals surface area (Å²) in [6.07, 6.45) is 0. The molecule has 0 aromatic heterocycles. The number of benzene rings is 13. The molecule has 0 aliphatic heterocycles. The molecule has 0 spiro atoms. The molecule has 438 valence electrons. The molecule has 0 amide bonds. The monoisotopic (exact) mass is 1180 g/mol. The van der Waals surface area contributed by atoms with E-state index in [0.29, 0.717) is 103 Å². The van der Waals surface area contributed by atoms with Gasteiger partial charge >= 0.3 is 0 Å². The molecule has 90 heavy (non-hydrogen) atoms. The molecule has 0 saturated heterocycles. The van der Waals surface area contributed by atoms with Crippen molar-refractivity contribution in [2.24, 2.45) is 0 Å². The highest BCUT2D eigenvalue weighted by molar-refractivity contribution is 5.77. The summed E-state index contributed by atoms with van der Waals surface area (Å²) in [7, 11) is 0. The summed E-state index contributed by atoms with van der Waals surface area (Å²) < 4.78 is 80.5. The lowest BCUT2D eigenvalue weighted by Crippen LogP contribution is -2.03. The summed E-state index contributed by atoms with van der Waals surface area (Å²) in [5.74, 6) is 9.55. The molecule has 0 bridgehead atoms. The van der Waals surface area contributed by atoms with Crippen molar-refractivity contribution in [1.82, 2.24) is 0 Å². The van der Waals surface area contributed by atoms with Gasteiger partial charge in [0.15, 0.2) is 0 Å². The van der Waals surface area contributed by atoms with Crippen LogP contribution < -0.4 is 56.8 Å². The van der Waals surface area contributed by atoms with Gasteiger partial charge in [-0.15, -0.1) is 0 Å². The molecular weight excluding hydrogens is 1130 g/mol. The van der Waals surface area contributed by atoms with Crippen molar-refractivity contribution in [3.63, 3.8) is 0 Å². The van der Waals surface area contributed by atoms with Gasteiger partial charge in [-0.2, -0.15) is 0 Å². The SMILES string of the molecule is c1ccc(Oc2ccc(Oc3c(Oc4ccc(Oc5ccccc5)cc4)c(Oc4ccc(Oc5ccccc5)cc4)c(Oc4ccc(Oc5ccccc5)cc4)c(Oc4ccc(Oc5ccccc5)cc4)c3Oc3ccc(Oc4ccccc4)cc3)cc2)cc1. The van der Waals surface area contributed by atoms with Crippen LogP contribution in [0.25, 0.3) is 0 Å². The highest BCUT2D eigenvalue weighted by Crippen LogP contribution is 2.63. The summed E-state index contributed by atoms with van der Waals surface area (Å²) in [6, 6.07) is 100.0. The van der Waals surface area contributed by atoms with Crippen molar-refractivity contribution in [1.29, 1.82) is 0 Å². The summed E-state index contributed by atoms with van der Waals surface area (Å²) >= 11 is 0. The molecule has 0 fully saturated rings. The second-order valence-electron chi connectivity index (χ2n) is 19.9. The van der Waals surface area contributed by atoms with E-state index in [1.54, 1.807) is 146 Å². The Morgan fingerprint density at radius 3 is 0.289 bits per heavy atom. The Morgan fingerprint density at radius 1 is 0.0889 bits per heavy atom. The second kappa shape index (κ2) is 27.7. The summed E-state index contributed by atoms with van der Waals surface area (Å²) in [5, 5.41) is 0. The molecule has 0 aliphatic rings. The number of para-hydroxylation sites is 6. The Bertz CT molecular complexity index is 3610. The van der Waals surface area contributed by atoms with Crippen LogP contribution >= 0.6 is 0 Å². The zero-order valence-electron chi connectivity index (χ0n) is 48.1. The Labute approximate surface area is 519 Å². The molecular formula is C78H54O12. The van der Waals surface area contributed by atoms with Crippen LogP contribution in [-0.4, -0.2) is 0 Å². The van der Waals surface area contributed by atoms with E-state index in [0.717, 1.165) is 0 Å². The van der Waals surface area contributed by atoms with Gasteiger partial charge in [-0.25, -0.2) is 0 Å². The van der Waals surface area contributed by atoms with Crippen molar-refractivity contribution in [2.45, 2.75) is 0 Å². The van der Waals surface area contributed by atoms with Gasteiger partial charge in [0.1, 0.15) is 103 Å². The predicted octanol–water partition coefficient (Wildman–Crippen LogP) is 23.2. The molecule has 13 aromatic rings. The van der Waals surface area contributed by atoms with Gasteiger partial charge in [0, 0.05) is 0 Å². The molecule has 0 atom stereocenters. The van der Waals surface area contributed by atoms with Crippen molar-refractivity contribution in [3.8, 4) is 138 Å². The lowest BCUT2D eigenvalue weighted by Gasteiger charge is -2.25. The maximum absolute atomic E-state index is 7.17. The molecule has 0 unspecified atom stereocenters. The third-order valence-electron chi connectivity index (χ3n) is 13.4. The fourth-order valence-corrected chi connectivity index (χ4v) is 9.08. The van der Waals surface area contributed by atoms with Crippen molar-refractivity contribution >= 4 is 0 Å². The van der Waals surface area contributed by atoms with Crippen LogP contribution in [0.4, 0.5) is 0 Å². The van der Waals surface area contributed by atoms with Crippen molar-refractivity contribution in [2.75, 3.05) is 0 Å². The van der Waals surface area contributed by atoms with Crippen LogP contribution in [0.3, 0.4) is 0 Å². The van der Waals surface area contributed by atoms with E-state index in [4.69, 9.17) is 56.8 Å². The standard InChI is InChI=1S/C78H54O12/c1-7-19-55(20-8-1)79-61-31-43-67(44-32-61)85-73-74(86-68-45-33-62(34-46-68)80-56-21-9-2-10-22-56)76(88-70-49-37-64(38-50-70)82-58-25-13-4-14-26-58)78(90-72-53-41-66(42-54-72)84-60-29-17-6-18-30-60)77(89-71-51-39-65(40-52-71)83-59-27-15-5-16-28-59)75(73)87-69-47-35-63(36-48-69)81-57-23-11-3-12-24-57/h1-54H. The highest BCUT2D eigenvalue weighted by Gasteiger charge is 2.35. The van der Waals surface area contributed by atoms with E-state index >= 15 is 0 Å². The molecule has 0 saturated carbocycles. The van der Waals surface area contributed by atoms with Crippen molar-refractivity contribution in [3.05, 3.63) is 328 Å². The number of hydrogen-bond acceptors (Lipinski definition) is 12. The number of rotatable bonds is 24. The van der Waals surface area contributed by atoms with E-state index in [-0.39, 0.29) is 34.5 Å². The zero-order valence-corrected chi connectivity index (χ0v) is 48.1. The third kappa shape index (κ3) is 14.9. The van der Waals surface area contributed by atoms with E-state index < -0.39 is 0 Å². The summed E-state index contributed by atoms with van der Waals surface area (Å²) in [5.41, 5.74) is 0.